The van der Waals surface area contributed by atoms with E-state index < -0.39 is 6.04 Å². The number of aldehydes is 1. The molecule has 4 rings (SSSR count). The topological polar surface area (TPSA) is 58.4 Å². The molecule has 7 heteroatoms. The second kappa shape index (κ2) is 7.52. The summed E-state index contributed by atoms with van der Waals surface area (Å²) in [5.41, 5.74) is 2.13. The summed E-state index contributed by atoms with van der Waals surface area (Å²) in [7, 11) is 1.78. The van der Waals surface area contributed by atoms with Crippen LogP contribution in [0.3, 0.4) is 0 Å². The summed E-state index contributed by atoms with van der Waals surface area (Å²) in [6.07, 6.45) is 0.874. The number of fused-ring (bicyclic) bond motifs is 1. The number of carbonyl (C=O) groups is 2. The zero-order valence-electron chi connectivity index (χ0n) is 15.6. The molecule has 0 saturated carbocycles. The average molecular weight is 380 g/mol. The first-order valence-corrected chi connectivity index (χ1v) is 9.24. The van der Waals surface area contributed by atoms with Crippen molar-refractivity contribution in [3.8, 4) is 0 Å². The molecule has 1 aromatic heterocycles. The lowest BCUT2D eigenvalue weighted by Crippen LogP contribution is -2.50. The fourth-order valence-electron chi connectivity index (χ4n) is 3.79. The molecule has 0 bridgehead atoms. The van der Waals surface area contributed by atoms with Crippen LogP contribution in [0, 0.1) is 5.82 Å². The van der Waals surface area contributed by atoms with E-state index in [0.717, 1.165) is 22.8 Å². The SMILES string of the molecule is Cn1nc2ccccc2c1C(=O)N1CCN(C(C=O)c2ccc(F)cc2)CC1. The first kappa shape index (κ1) is 18.3. The van der Waals surface area contributed by atoms with Gasteiger partial charge in [0.05, 0.1) is 11.6 Å². The minimum atomic E-state index is -0.435. The molecule has 3 aromatic rings. The molecule has 1 amide bonds. The summed E-state index contributed by atoms with van der Waals surface area (Å²) in [6.45, 7) is 2.18. The van der Waals surface area contributed by atoms with Gasteiger partial charge >= 0.3 is 0 Å². The molecule has 2 aromatic carbocycles. The minimum absolute atomic E-state index is 0.0553. The Morgan fingerprint density at radius 2 is 1.75 bits per heavy atom. The monoisotopic (exact) mass is 380 g/mol. The fourth-order valence-corrected chi connectivity index (χ4v) is 3.79. The third kappa shape index (κ3) is 3.29. The standard InChI is InChI=1S/C21H21FN4O2/c1-24-20(17-4-2-3-5-18(17)23-24)21(28)26-12-10-25(11-13-26)19(14-27)15-6-8-16(22)9-7-15/h2-9,14,19H,10-13H2,1H3. The van der Waals surface area contributed by atoms with Crippen LogP contribution in [0.5, 0.6) is 0 Å². The molecule has 0 spiro atoms. The Kier molecular flexibility index (Phi) is 4.92. The van der Waals surface area contributed by atoms with Gasteiger partial charge in [-0.3, -0.25) is 14.4 Å². The number of hydrogen-bond donors (Lipinski definition) is 0. The summed E-state index contributed by atoms with van der Waals surface area (Å²) < 4.78 is 14.8. The molecular weight excluding hydrogens is 359 g/mol. The Labute approximate surface area is 162 Å². The molecule has 144 valence electrons. The van der Waals surface area contributed by atoms with Crippen LogP contribution < -0.4 is 0 Å². The molecular formula is C21H21FN4O2. The first-order valence-electron chi connectivity index (χ1n) is 9.24. The van der Waals surface area contributed by atoms with E-state index in [1.54, 1.807) is 28.8 Å². The summed E-state index contributed by atoms with van der Waals surface area (Å²) in [5, 5.41) is 5.26. The summed E-state index contributed by atoms with van der Waals surface area (Å²) >= 11 is 0. The Morgan fingerprint density at radius 1 is 1.07 bits per heavy atom. The van der Waals surface area contributed by atoms with Gasteiger partial charge in [0.15, 0.2) is 0 Å². The van der Waals surface area contributed by atoms with Crippen molar-refractivity contribution in [1.82, 2.24) is 19.6 Å². The molecule has 1 aliphatic rings. The van der Waals surface area contributed by atoms with Gasteiger partial charge in [0.25, 0.3) is 5.91 Å². The Bertz CT molecular complexity index is 1010. The summed E-state index contributed by atoms with van der Waals surface area (Å²) in [4.78, 5) is 28.6. The number of amides is 1. The van der Waals surface area contributed by atoms with Gasteiger partial charge in [-0.25, -0.2) is 4.39 Å². The van der Waals surface area contributed by atoms with Crippen molar-refractivity contribution in [3.05, 3.63) is 65.6 Å². The van der Waals surface area contributed by atoms with Gasteiger partial charge in [-0.05, 0) is 23.8 Å². The summed E-state index contributed by atoms with van der Waals surface area (Å²) in [5.74, 6) is -0.382. The van der Waals surface area contributed by atoms with Crippen LogP contribution in [0.15, 0.2) is 48.5 Å². The first-order chi connectivity index (χ1) is 13.6. The Hall–Kier alpha value is -3.06. The van der Waals surface area contributed by atoms with Crippen LogP contribution in [0.1, 0.15) is 22.1 Å². The number of hydrogen-bond acceptors (Lipinski definition) is 4. The molecule has 1 aliphatic heterocycles. The van der Waals surface area contributed by atoms with E-state index in [2.05, 4.69) is 5.10 Å². The highest BCUT2D eigenvalue weighted by atomic mass is 19.1. The van der Waals surface area contributed by atoms with Gasteiger partial charge in [-0.2, -0.15) is 5.10 Å². The molecule has 1 unspecified atom stereocenters. The molecule has 0 radical (unpaired) electrons. The predicted molar refractivity (Wildman–Crippen MR) is 103 cm³/mol. The molecule has 1 saturated heterocycles. The molecule has 1 atom stereocenters. The third-order valence-corrected chi connectivity index (χ3v) is 5.28. The van der Waals surface area contributed by atoms with Crippen molar-refractivity contribution < 1.29 is 14.0 Å². The van der Waals surface area contributed by atoms with Crippen LogP contribution in [0.2, 0.25) is 0 Å². The normalized spacial score (nSPS) is 16.3. The number of halogens is 1. The largest absolute Gasteiger partial charge is 0.335 e. The lowest BCUT2D eigenvalue weighted by Gasteiger charge is -2.37. The number of benzene rings is 2. The van der Waals surface area contributed by atoms with Crippen molar-refractivity contribution in [2.45, 2.75) is 6.04 Å². The lowest BCUT2D eigenvalue weighted by atomic mass is 10.1. The van der Waals surface area contributed by atoms with Crippen LogP contribution in [-0.2, 0) is 11.8 Å². The molecule has 2 heterocycles. The van der Waals surface area contributed by atoms with E-state index in [0.29, 0.717) is 31.9 Å². The Balaban J connectivity index is 1.49. The third-order valence-electron chi connectivity index (χ3n) is 5.28. The van der Waals surface area contributed by atoms with Crippen molar-refractivity contribution in [3.63, 3.8) is 0 Å². The highest BCUT2D eigenvalue weighted by Gasteiger charge is 2.29. The number of aryl methyl sites for hydroxylation is 1. The van der Waals surface area contributed by atoms with Gasteiger partial charge in [-0.15, -0.1) is 0 Å². The van der Waals surface area contributed by atoms with E-state index in [-0.39, 0.29) is 11.7 Å². The minimum Gasteiger partial charge on any atom is -0.335 e. The van der Waals surface area contributed by atoms with Crippen molar-refractivity contribution in [2.24, 2.45) is 7.05 Å². The maximum Gasteiger partial charge on any atom is 0.272 e. The maximum absolute atomic E-state index is 13.2. The van der Waals surface area contributed by atoms with Gasteiger partial charge in [0.1, 0.15) is 17.8 Å². The van der Waals surface area contributed by atoms with Gasteiger partial charge < -0.3 is 9.69 Å². The predicted octanol–water partition coefficient (Wildman–Crippen LogP) is 2.41. The number of carbonyl (C=O) groups excluding carboxylic acids is 2. The van der Waals surface area contributed by atoms with Crippen molar-refractivity contribution in [1.29, 1.82) is 0 Å². The molecule has 6 nitrogen and oxygen atoms in total. The van der Waals surface area contributed by atoms with Gasteiger partial charge in [0.2, 0.25) is 0 Å². The van der Waals surface area contributed by atoms with Crippen LogP contribution in [0.25, 0.3) is 10.9 Å². The van der Waals surface area contributed by atoms with Crippen molar-refractivity contribution >= 4 is 23.1 Å². The molecule has 0 N–H and O–H groups in total. The fraction of sp³-hybridized carbons (Fsp3) is 0.286. The summed E-state index contributed by atoms with van der Waals surface area (Å²) in [6, 6.07) is 13.1. The van der Waals surface area contributed by atoms with Crippen LogP contribution in [-0.4, -0.2) is 58.0 Å². The molecule has 28 heavy (non-hydrogen) atoms. The zero-order valence-corrected chi connectivity index (χ0v) is 15.6. The smallest absolute Gasteiger partial charge is 0.272 e. The van der Waals surface area contributed by atoms with E-state index in [9.17, 15) is 14.0 Å². The second-order valence-electron chi connectivity index (χ2n) is 6.95. The quantitative estimate of drug-likeness (QED) is 0.653. The van der Waals surface area contributed by atoms with Gasteiger partial charge in [-0.1, -0.05) is 30.3 Å². The number of rotatable bonds is 4. The highest BCUT2D eigenvalue weighted by molar-refractivity contribution is 6.05. The van der Waals surface area contributed by atoms with E-state index in [1.807, 2.05) is 29.2 Å². The number of piperazine rings is 1. The maximum atomic E-state index is 13.2. The van der Waals surface area contributed by atoms with E-state index in [4.69, 9.17) is 0 Å². The van der Waals surface area contributed by atoms with Crippen LogP contribution in [0.4, 0.5) is 4.39 Å². The highest BCUT2D eigenvalue weighted by Crippen LogP contribution is 2.23. The van der Waals surface area contributed by atoms with Gasteiger partial charge in [0, 0.05) is 38.6 Å². The Morgan fingerprint density at radius 3 is 2.43 bits per heavy atom. The zero-order chi connectivity index (χ0) is 19.7. The second-order valence-corrected chi connectivity index (χ2v) is 6.95. The lowest BCUT2D eigenvalue weighted by molar-refractivity contribution is -0.113. The molecule has 1 fully saturated rings. The van der Waals surface area contributed by atoms with Crippen LogP contribution >= 0.6 is 0 Å². The molecule has 0 aliphatic carbocycles. The van der Waals surface area contributed by atoms with Crippen molar-refractivity contribution in [2.75, 3.05) is 26.2 Å². The van der Waals surface area contributed by atoms with E-state index >= 15 is 0 Å². The number of nitrogens with zero attached hydrogens (tertiary/aromatic N) is 4. The van der Waals surface area contributed by atoms with E-state index in [1.165, 1.54) is 12.1 Å². The number of aromatic nitrogens is 2. The average Bonchev–Trinajstić information content (AvgIpc) is 3.05.